The molecule has 1 aromatic rings. The number of aromatic nitrogens is 1. The SMILES string of the molecule is CC1C=C(CN)C=c2sncc2=C1. The van der Waals surface area contributed by atoms with Gasteiger partial charge in [0.25, 0.3) is 0 Å². The second-order valence-electron chi connectivity index (χ2n) is 3.26. The lowest BCUT2D eigenvalue weighted by atomic mass is 10.1. The fourth-order valence-corrected chi connectivity index (χ4v) is 2.21. The molecule has 1 unspecified atom stereocenters. The van der Waals surface area contributed by atoms with Gasteiger partial charge in [0, 0.05) is 18.0 Å². The minimum atomic E-state index is 0.451. The van der Waals surface area contributed by atoms with Gasteiger partial charge in [-0.2, -0.15) is 4.37 Å². The van der Waals surface area contributed by atoms with Crippen LogP contribution < -0.4 is 15.5 Å². The predicted octanol–water partition coefficient (Wildman–Crippen LogP) is 0.239. The minimum Gasteiger partial charge on any atom is -0.327 e. The summed E-state index contributed by atoms with van der Waals surface area (Å²) in [6.45, 7) is 2.77. The summed E-state index contributed by atoms with van der Waals surface area (Å²) in [4.78, 5) is 0. The molecule has 0 aliphatic heterocycles. The topological polar surface area (TPSA) is 38.9 Å². The first-order valence-electron chi connectivity index (χ1n) is 4.34. The molecule has 0 spiro atoms. The van der Waals surface area contributed by atoms with Crippen LogP contribution in [-0.4, -0.2) is 10.9 Å². The number of hydrogen-bond donors (Lipinski definition) is 1. The molecule has 3 heteroatoms. The van der Waals surface area contributed by atoms with E-state index in [-0.39, 0.29) is 0 Å². The molecule has 0 saturated carbocycles. The van der Waals surface area contributed by atoms with Crippen molar-refractivity contribution in [2.45, 2.75) is 6.92 Å². The summed E-state index contributed by atoms with van der Waals surface area (Å²) in [6.07, 6.45) is 8.47. The second-order valence-corrected chi connectivity index (χ2v) is 4.09. The zero-order chi connectivity index (χ0) is 9.26. The van der Waals surface area contributed by atoms with Crippen LogP contribution in [0.15, 0.2) is 17.8 Å². The highest BCUT2D eigenvalue weighted by Crippen LogP contribution is 2.06. The monoisotopic (exact) mass is 192 g/mol. The molecule has 1 aliphatic rings. The third kappa shape index (κ3) is 1.71. The number of rotatable bonds is 1. The van der Waals surface area contributed by atoms with Crippen LogP contribution >= 0.6 is 11.5 Å². The number of nitrogens with two attached hydrogens (primary N) is 1. The van der Waals surface area contributed by atoms with Gasteiger partial charge >= 0.3 is 0 Å². The lowest BCUT2D eigenvalue weighted by molar-refractivity contribution is 0.979. The molecular weight excluding hydrogens is 180 g/mol. The van der Waals surface area contributed by atoms with E-state index in [0.717, 1.165) is 0 Å². The van der Waals surface area contributed by atoms with Crippen molar-refractivity contribution in [1.29, 1.82) is 0 Å². The van der Waals surface area contributed by atoms with E-state index in [9.17, 15) is 0 Å². The van der Waals surface area contributed by atoms with Crippen LogP contribution in [0.3, 0.4) is 0 Å². The molecule has 1 aliphatic carbocycles. The average Bonchev–Trinajstić information content (AvgIpc) is 2.46. The summed E-state index contributed by atoms with van der Waals surface area (Å²) in [5, 5.41) is 1.23. The van der Waals surface area contributed by atoms with Gasteiger partial charge in [-0.15, -0.1) is 0 Å². The molecule has 2 N–H and O–H groups in total. The number of hydrogen-bond acceptors (Lipinski definition) is 3. The van der Waals surface area contributed by atoms with Crippen molar-refractivity contribution in [1.82, 2.24) is 4.37 Å². The number of fused-ring (bicyclic) bond motifs is 1. The minimum absolute atomic E-state index is 0.451. The van der Waals surface area contributed by atoms with E-state index in [1.165, 1.54) is 26.9 Å². The Labute approximate surface area is 81.3 Å². The van der Waals surface area contributed by atoms with E-state index in [1.54, 1.807) is 0 Å². The first kappa shape index (κ1) is 8.66. The van der Waals surface area contributed by atoms with E-state index in [0.29, 0.717) is 12.5 Å². The molecule has 1 heterocycles. The Kier molecular flexibility index (Phi) is 2.29. The summed E-state index contributed by atoms with van der Waals surface area (Å²) >= 11 is 1.53. The molecule has 2 rings (SSSR count). The molecule has 2 nitrogen and oxygen atoms in total. The standard InChI is InChI=1S/C10H12N2S/c1-7-2-8(5-11)4-10-9(3-7)6-12-13-10/h2-4,6-7H,5,11H2,1H3. The Morgan fingerprint density at radius 3 is 3.15 bits per heavy atom. The van der Waals surface area contributed by atoms with E-state index < -0.39 is 0 Å². The summed E-state index contributed by atoms with van der Waals surface area (Å²) in [7, 11) is 0. The largest absolute Gasteiger partial charge is 0.327 e. The maximum Gasteiger partial charge on any atom is 0.0550 e. The Bertz CT molecular complexity index is 442. The van der Waals surface area contributed by atoms with Gasteiger partial charge in [-0.1, -0.05) is 19.1 Å². The zero-order valence-corrected chi connectivity index (χ0v) is 8.34. The fourth-order valence-electron chi connectivity index (χ4n) is 1.50. The van der Waals surface area contributed by atoms with Gasteiger partial charge in [-0.05, 0) is 29.1 Å². The van der Waals surface area contributed by atoms with Crippen LogP contribution in [0, 0.1) is 5.92 Å². The summed E-state index contributed by atoms with van der Waals surface area (Å²) in [6, 6.07) is 0. The Morgan fingerprint density at radius 2 is 2.38 bits per heavy atom. The lowest BCUT2D eigenvalue weighted by Gasteiger charge is -1.98. The van der Waals surface area contributed by atoms with Crippen molar-refractivity contribution in [3.63, 3.8) is 0 Å². The van der Waals surface area contributed by atoms with Gasteiger partial charge in [-0.3, -0.25) is 0 Å². The van der Waals surface area contributed by atoms with Crippen molar-refractivity contribution in [3.05, 3.63) is 27.6 Å². The molecule has 0 saturated heterocycles. The molecular formula is C10H12N2S. The molecule has 0 amide bonds. The summed E-state index contributed by atoms with van der Waals surface area (Å²) in [5.74, 6) is 0.451. The van der Waals surface area contributed by atoms with Crippen LogP contribution in [0.4, 0.5) is 0 Å². The van der Waals surface area contributed by atoms with Gasteiger partial charge in [0.2, 0.25) is 0 Å². The highest BCUT2D eigenvalue weighted by Gasteiger charge is 2.01. The van der Waals surface area contributed by atoms with Crippen molar-refractivity contribution < 1.29 is 0 Å². The number of nitrogens with zero attached hydrogens (tertiary/aromatic N) is 1. The van der Waals surface area contributed by atoms with E-state index in [4.69, 9.17) is 5.73 Å². The maximum atomic E-state index is 5.63. The quantitative estimate of drug-likeness (QED) is 0.692. The molecule has 13 heavy (non-hydrogen) atoms. The fraction of sp³-hybridized carbons (Fsp3) is 0.300. The lowest BCUT2D eigenvalue weighted by Crippen LogP contribution is -2.17. The van der Waals surface area contributed by atoms with Crippen LogP contribution in [0.2, 0.25) is 0 Å². The summed E-state index contributed by atoms with van der Waals surface area (Å²) in [5.41, 5.74) is 6.83. The van der Waals surface area contributed by atoms with Crippen LogP contribution in [0.25, 0.3) is 12.2 Å². The van der Waals surface area contributed by atoms with Gasteiger partial charge in [0.05, 0.1) is 4.53 Å². The second kappa shape index (κ2) is 3.44. The van der Waals surface area contributed by atoms with Gasteiger partial charge in [0.1, 0.15) is 0 Å². The average molecular weight is 192 g/mol. The van der Waals surface area contributed by atoms with Crippen molar-refractivity contribution in [2.24, 2.45) is 11.7 Å². The van der Waals surface area contributed by atoms with Crippen molar-refractivity contribution in [2.75, 3.05) is 6.54 Å². The molecule has 1 atom stereocenters. The molecule has 0 aromatic carbocycles. The van der Waals surface area contributed by atoms with Gasteiger partial charge in [0.15, 0.2) is 0 Å². The highest BCUT2D eigenvalue weighted by atomic mass is 32.1. The molecule has 0 bridgehead atoms. The zero-order valence-electron chi connectivity index (χ0n) is 7.53. The van der Waals surface area contributed by atoms with Gasteiger partial charge < -0.3 is 5.73 Å². The van der Waals surface area contributed by atoms with E-state index in [1.807, 2.05) is 6.20 Å². The van der Waals surface area contributed by atoms with Crippen LogP contribution in [0.5, 0.6) is 0 Å². The smallest absolute Gasteiger partial charge is 0.0550 e. The molecule has 0 fully saturated rings. The van der Waals surface area contributed by atoms with Crippen LogP contribution in [0.1, 0.15) is 6.92 Å². The van der Waals surface area contributed by atoms with E-state index >= 15 is 0 Å². The molecule has 1 aromatic heterocycles. The molecule has 0 radical (unpaired) electrons. The first-order valence-corrected chi connectivity index (χ1v) is 5.12. The van der Waals surface area contributed by atoms with Crippen molar-refractivity contribution >= 4 is 23.7 Å². The van der Waals surface area contributed by atoms with Gasteiger partial charge in [-0.25, -0.2) is 0 Å². The normalized spacial score (nSPS) is 20.8. The van der Waals surface area contributed by atoms with Crippen molar-refractivity contribution in [3.8, 4) is 0 Å². The number of allylic oxidation sites excluding steroid dienone is 1. The van der Waals surface area contributed by atoms with Crippen LogP contribution in [-0.2, 0) is 0 Å². The Balaban J connectivity index is 2.64. The summed E-state index contributed by atoms with van der Waals surface area (Å²) < 4.78 is 5.38. The first-order chi connectivity index (χ1) is 6.29. The predicted molar refractivity (Wildman–Crippen MR) is 56.6 cm³/mol. The third-order valence-electron chi connectivity index (χ3n) is 2.10. The molecule has 68 valence electrons. The highest BCUT2D eigenvalue weighted by molar-refractivity contribution is 7.03. The Hall–Kier alpha value is -0.930. The van der Waals surface area contributed by atoms with E-state index in [2.05, 4.69) is 29.5 Å². The Morgan fingerprint density at radius 1 is 1.54 bits per heavy atom. The maximum absolute atomic E-state index is 5.63. The third-order valence-corrected chi connectivity index (χ3v) is 2.86.